The minimum absolute atomic E-state index is 0.0277. The van der Waals surface area contributed by atoms with Crippen LogP contribution in [-0.2, 0) is 9.59 Å². The summed E-state index contributed by atoms with van der Waals surface area (Å²) in [6.07, 6.45) is 7.30. The number of H-pyrrole nitrogens is 1. The van der Waals surface area contributed by atoms with Crippen molar-refractivity contribution < 1.29 is 19.1 Å². The number of carbonyl (C=O) groups excluding carboxylic acids is 3. The predicted molar refractivity (Wildman–Crippen MR) is 120 cm³/mol. The van der Waals surface area contributed by atoms with Crippen LogP contribution in [0.1, 0.15) is 36.7 Å². The van der Waals surface area contributed by atoms with Gasteiger partial charge in [-0.25, -0.2) is 0 Å². The van der Waals surface area contributed by atoms with E-state index in [4.69, 9.17) is 11.2 Å². The number of methoxy groups -OCH3 is 1. The summed E-state index contributed by atoms with van der Waals surface area (Å²) in [4.78, 5) is 43.1. The maximum atomic E-state index is 13.3. The predicted octanol–water partition coefficient (Wildman–Crippen LogP) is 1.67. The van der Waals surface area contributed by atoms with Crippen molar-refractivity contribution in [2.45, 2.75) is 38.3 Å². The second-order valence-corrected chi connectivity index (χ2v) is 8.66. The van der Waals surface area contributed by atoms with Gasteiger partial charge in [-0.05, 0) is 43.4 Å². The van der Waals surface area contributed by atoms with Crippen LogP contribution in [-0.4, -0.2) is 59.9 Å². The first-order chi connectivity index (χ1) is 15.4. The van der Waals surface area contributed by atoms with E-state index in [0.717, 1.165) is 10.9 Å². The van der Waals surface area contributed by atoms with Gasteiger partial charge >= 0.3 is 0 Å². The van der Waals surface area contributed by atoms with Crippen molar-refractivity contribution in [1.29, 1.82) is 0 Å². The molecule has 0 aliphatic carbocycles. The molecule has 3 heterocycles. The summed E-state index contributed by atoms with van der Waals surface area (Å²) in [5.41, 5.74) is 1.20. The van der Waals surface area contributed by atoms with E-state index < -0.39 is 12.1 Å². The van der Waals surface area contributed by atoms with E-state index in [-0.39, 0.29) is 29.6 Å². The number of likely N-dealkylation sites (tertiary alicyclic amines) is 1. The van der Waals surface area contributed by atoms with Gasteiger partial charge < -0.3 is 25.3 Å². The molecule has 4 atom stereocenters. The van der Waals surface area contributed by atoms with Crippen molar-refractivity contribution >= 4 is 28.6 Å². The molecule has 0 bridgehead atoms. The number of rotatable bonds is 6. The van der Waals surface area contributed by atoms with E-state index in [1.54, 1.807) is 18.1 Å². The number of nitrogens with zero attached hydrogens (tertiary/aromatic N) is 1. The van der Waals surface area contributed by atoms with Crippen LogP contribution in [0, 0.1) is 24.2 Å². The normalized spacial score (nSPS) is 23.6. The largest absolute Gasteiger partial charge is 0.496 e. The molecule has 0 saturated carbocycles. The molecule has 2 aromatic rings. The zero-order valence-electron chi connectivity index (χ0n) is 18.3. The van der Waals surface area contributed by atoms with Gasteiger partial charge in [0.2, 0.25) is 11.8 Å². The number of hydrogen-bond acceptors (Lipinski definition) is 4. The Balaban J connectivity index is 1.50. The third kappa shape index (κ3) is 4.15. The number of hydrogen-bond donors (Lipinski definition) is 3. The molecule has 32 heavy (non-hydrogen) atoms. The van der Waals surface area contributed by atoms with Crippen LogP contribution in [0.15, 0.2) is 24.3 Å². The van der Waals surface area contributed by atoms with Crippen molar-refractivity contribution in [2.75, 3.05) is 20.2 Å². The number of amides is 3. The number of aromatic nitrogens is 1. The van der Waals surface area contributed by atoms with Crippen LogP contribution < -0.4 is 15.4 Å². The van der Waals surface area contributed by atoms with Crippen LogP contribution in [0.2, 0.25) is 0 Å². The SMILES string of the molecule is C#C[C@H](C[C@@H]1CCNC1=O)NC(=O)[C@@H]1C[C@@H](C)CN1C(=O)c1cc2c(OC)cccc2[nH]1. The van der Waals surface area contributed by atoms with E-state index in [0.29, 0.717) is 43.8 Å². The van der Waals surface area contributed by atoms with Gasteiger partial charge in [0, 0.05) is 29.9 Å². The average Bonchev–Trinajstić information content (AvgIpc) is 3.50. The van der Waals surface area contributed by atoms with Crippen molar-refractivity contribution in [2.24, 2.45) is 11.8 Å². The Morgan fingerprint density at radius 1 is 1.41 bits per heavy atom. The summed E-state index contributed by atoms with van der Waals surface area (Å²) >= 11 is 0. The molecule has 1 aromatic carbocycles. The lowest BCUT2D eigenvalue weighted by Gasteiger charge is -2.25. The average molecular weight is 437 g/mol. The zero-order chi connectivity index (χ0) is 22.8. The molecule has 0 radical (unpaired) electrons. The highest BCUT2D eigenvalue weighted by atomic mass is 16.5. The number of benzene rings is 1. The molecular formula is C24H28N4O4. The van der Waals surface area contributed by atoms with Crippen molar-refractivity contribution in [3.63, 3.8) is 0 Å². The third-order valence-electron chi connectivity index (χ3n) is 6.35. The highest BCUT2D eigenvalue weighted by molar-refractivity contribution is 6.01. The van der Waals surface area contributed by atoms with Gasteiger partial charge in [0.05, 0.1) is 13.2 Å². The first kappa shape index (κ1) is 21.8. The highest BCUT2D eigenvalue weighted by Crippen LogP contribution is 2.29. The Morgan fingerprint density at radius 3 is 2.91 bits per heavy atom. The molecule has 3 N–H and O–H groups in total. The number of fused-ring (bicyclic) bond motifs is 1. The first-order valence-corrected chi connectivity index (χ1v) is 10.9. The summed E-state index contributed by atoms with van der Waals surface area (Å²) in [5.74, 6) is 2.70. The second-order valence-electron chi connectivity index (χ2n) is 8.66. The number of ether oxygens (including phenoxy) is 1. The minimum Gasteiger partial charge on any atom is -0.496 e. The first-order valence-electron chi connectivity index (χ1n) is 10.9. The zero-order valence-corrected chi connectivity index (χ0v) is 18.3. The smallest absolute Gasteiger partial charge is 0.270 e. The van der Waals surface area contributed by atoms with Gasteiger partial charge in [-0.15, -0.1) is 6.42 Å². The topological polar surface area (TPSA) is 104 Å². The van der Waals surface area contributed by atoms with Crippen molar-refractivity contribution in [1.82, 2.24) is 20.5 Å². The minimum atomic E-state index is -0.612. The van der Waals surface area contributed by atoms with Crippen LogP contribution in [0.3, 0.4) is 0 Å². The molecular weight excluding hydrogens is 408 g/mol. The van der Waals surface area contributed by atoms with E-state index in [9.17, 15) is 14.4 Å². The lowest BCUT2D eigenvalue weighted by molar-refractivity contribution is -0.126. The van der Waals surface area contributed by atoms with Crippen molar-refractivity contribution in [3.8, 4) is 18.1 Å². The maximum Gasteiger partial charge on any atom is 0.270 e. The van der Waals surface area contributed by atoms with Crippen molar-refractivity contribution in [3.05, 3.63) is 30.0 Å². The van der Waals surface area contributed by atoms with E-state index in [1.165, 1.54) is 0 Å². The lowest BCUT2D eigenvalue weighted by atomic mass is 9.98. The fourth-order valence-corrected chi connectivity index (χ4v) is 4.69. The Kier molecular flexibility index (Phi) is 6.08. The molecule has 8 heteroatoms. The summed E-state index contributed by atoms with van der Waals surface area (Å²) in [5, 5.41) is 6.48. The summed E-state index contributed by atoms with van der Waals surface area (Å²) in [7, 11) is 1.59. The maximum absolute atomic E-state index is 13.3. The molecule has 0 unspecified atom stereocenters. The Hall–Kier alpha value is -3.47. The third-order valence-corrected chi connectivity index (χ3v) is 6.35. The second kappa shape index (κ2) is 8.95. The Bertz CT molecular complexity index is 1090. The molecule has 8 nitrogen and oxygen atoms in total. The molecule has 168 valence electrons. The summed E-state index contributed by atoms with van der Waals surface area (Å²) in [6, 6.07) is 6.16. The number of carbonyl (C=O) groups is 3. The van der Waals surface area contributed by atoms with Gasteiger partial charge in [-0.2, -0.15) is 0 Å². The van der Waals surface area contributed by atoms with Gasteiger partial charge in [0.1, 0.15) is 17.5 Å². The van der Waals surface area contributed by atoms with Crippen LogP contribution in [0.25, 0.3) is 10.9 Å². The van der Waals surface area contributed by atoms with Crippen LogP contribution in [0.4, 0.5) is 0 Å². The van der Waals surface area contributed by atoms with Crippen LogP contribution in [0.5, 0.6) is 5.75 Å². The highest BCUT2D eigenvalue weighted by Gasteiger charge is 2.39. The molecule has 4 rings (SSSR count). The van der Waals surface area contributed by atoms with Gasteiger partial charge in [0.15, 0.2) is 0 Å². The molecule has 1 aromatic heterocycles. The molecule has 3 amide bonds. The number of aromatic amines is 1. The van der Waals surface area contributed by atoms with Crippen LogP contribution >= 0.6 is 0 Å². The molecule has 2 aliphatic rings. The molecule has 2 fully saturated rings. The van der Waals surface area contributed by atoms with E-state index in [1.807, 2.05) is 25.1 Å². The van der Waals surface area contributed by atoms with Gasteiger partial charge in [-0.1, -0.05) is 18.9 Å². The fraction of sp³-hybridized carbons (Fsp3) is 0.458. The molecule has 2 aliphatic heterocycles. The summed E-state index contributed by atoms with van der Waals surface area (Å²) < 4.78 is 5.38. The van der Waals surface area contributed by atoms with Gasteiger partial charge in [0.25, 0.3) is 5.91 Å². The summed E-state index contributed by atoms with van der Waals surface area (Å²) in [6.45, 7) is 3.13. The lowest BCUT2D eigenvalue weighted by Crippen LogP contribution is -2.49. The quantitative estimate of drug-likeness (QED) is 0.600. The number of terminal acetylenes is 1. The monoisotopic (exact) mass is 436 g/mol. The standard InChI is InChI=1S/C24H28N4O4/c1-4-16(11-15-8-9-25-22(15)29)26-23(30)20-10-14(2)13-28(20)24(31)19-12-17-18(27-19)6-5-7-21(17)32-3/h1,5-7,12,14-16,20,27H,8-11,13H2,2-3H3,(H,25,29)(H,26,30)/t14-,15+,16-,20+/m1/s1. The molecule has 0 spiro atoms. The molecule has 2 saturated heterocycles. The van der Waals surface area contributed by atoms with Gasteiger partial charge in [-0.3, -0.25) is 14.4 Å². The number of nitrogens with one attached hydrogen (secondary N) is 3. The van der Waals surface area contributed by atoms with E-state index in [2.05, 4.69) is 21.5 Å². The Morgan fingerprint density at radius 2 is 2.22 bits per heavy atom. The van der Waals surface area contributed by atoms with E-state index >= 15 is 0 Å². The Labute approximate surface area is 187 Å². The fourth-order valence-electron chi connectivity index (χ4n) is 4.69.